The van der Waals surface area contributed by atoms with E-state index in [1.807, 2.05) is 48.5 Å². The second-order valence-corrected chi connectivity index (χ2v) is 9.88. The van der Waals surface area contributed by atoms with Crippen molar-refractivity contribution in [2.45, 2.75) is 25.0 Å². The van der Waals surface area contributed by atoms with E-state index in [0.717, 1.165) is 22.6 Å². The molecule has 1 fully saturated rings. The minimum absolute atomic E-state index is 0.349. The lowest BCUT2D eigenvalue weighted by molar-refractivity contribution is 0.393. The second kappa shape index (κ2) is 7.87. The number of para-hydroxylation sites is 1. The fourth-order valence-corrected chi connectivity index (χ4v) is 5.04. The molecule has 4 rings (SSSR count). The molecule has 1 unspecified atom stereocenters. The maximum Gasteiger partial charge on any atom is 0.281 e. The van der Waals surface area contributed by atoms with Gasteiger partial charge in [0.25, 0.3) is 10.2 Å². The molecule has 1 saturated heterocycles. The highest BCUT2D eigenvalue weighted by atomic mass is 32.2. The third-order valence-corrected chi connectivity index (χ3v) is 7.51. The van der Waals surface area contributed by atoms with Gasteiger partial charge in [-0.1, -0.05) is 48.5 Å². The highest BCUT2D eigenvalue weighted by molar-refractivity contribution is 7.86. The van der Waals surface area contributed by atoms with Gasteiger partial charge >= 0.3 is 0 Å². The lowest BCUT2D eigenvalue weighted by Gasteiger charge is -2.31. The first kappa shape index (κ1) is 20.0. The quantitative estimate of drug-likeness (QED) is 0.804. The molecule has 0 radical (unpaired) electrons. The van der Waals surface area contributed by atoms with Gasteiger partial charge in [0.15, 0.2) is 0 Å². The average molecular weight is 414 g/mol. The normalized spacial score (nSPS) is 23.9. The predicted octanol–water partition coefficient (Wildman–Crippen LogP) is 2.05. The van der Waals surface area contributed by atoms with Crippen molar-refractivity contribution in [3.8, 4) is 0 Å². The molecule has 2 aromatic carbocycles. The van der Waals surface area contributed by atoms with Gasteiger partial charge in [-0.2, -0.15) is 17.0 Å². The zero-order valence-corrected chi connectivity index (χ0v) is 17.6. The summed E-state index contributed by atoms with van der Waals surface area (Å²) in [6.07, 6.45) is 0.661. The van der Waals surface area contributed by atoms with Gasteiger partial charge in [-0.3, -0.25) is 10.3 Å². The first-order valence-electron chi connectivity index (χ1n) is 9.77. The Bertz CT molecular complexity index is 1010. The van der Waals surface area contributed by atoms with Crippen LogP contribution >= 0.6 is 0 Å². The summed E-state index contributed by atoms with van der Waals surface area (Å²) in [5.41, 5.74) is 2.73. The molecule has 0 aromatic heterocycles. The Labute approximate surface area is 172 Å². The summed E-state index contributed by atoms with van der Waals surface area (Å²) in [5.74, 6) is 0.794. The van der Waals surface area contributed by atoms with Crippen LogP contribution in [0.3, 0.4) is 0 Å². The number of anilines is 1. The topological polar surface area (TPSA) is 77.0 Å². The molecule has 1 atom stereocenters. The Kier molecular flexibility index (Phi) is 5.44. The lowest BCUT2D eigenvalue weighted by atomic mass is 9.96. The maximum atomic E-state index is 12.7. The van der Waals surface area contributed by atoms with Crippen LogP contribution in [-0.4, -0.2) is 55.6 Å². The van der Waals surface area contributed by atoms with Crippen LogP contribution < -0.4 is 10.6 Å². The summed E-state index contributed by atoms with van der Waals surface area (Å²) in [6, 6.07) is 18.2. The average Bonchev–Trinajstić information content (AvgIpc) is 3.10. The molecular weight excluding hydrogens is 386 g/mol. The van der Waals surface area contributed by atoms with Crippen molar-refractivity contribution < 1.29 is 8.42 Å². The molecule has 0 bridgehead atoms. The third-order valence-electron chi connectivity index (χ3n) is 5.63. The van der Waals surface area contributed by atoms with Crippen molar-refractivity contribution in [3.05, 3.63) is 65.7 Å². The van der Waals surface area contributed by atoms with Crippen molar-refractivity contribution in [1.82, 2.24) is 13.9 Å². The number of nitrogens with zero attached hydrogens (tertiary/aromatic N) is 3. The monoisotopic (exact) mass is 413 g/mol. The van der Waals surface area contributed by atoms with E-state index < -0.39 is 15.7 Å². The van der Waals surface area contributed by atoms with Crippen LogP contribution in [0.15, 0.2) is 59.6 Å². The van der Waals surface area contributed by atoms with Crippen LogP contribution in [0.5, 0.6) is 0 Å². The number of hydrogen-bond acceptors (Lipinski definition) is 4. The number of benzene rings is 2. The van der Waals surface area contributed by atoms with Gasteiger partial charge in [-0.05, 0) is 23.6 Å². The van der Waals surface area contributed by atoms with Crippen molar-refractivity contribution in [3.63, 3.8) is 0 Å². The molecule has 0 amide bonds. The van der Waals surface area contributed by atoms with Gasteiger partial charge in [0, 0.05) is 39.4 Å². The molecule has 2 aliphatic heterocycles. The Balaban J connectivity index is 1.69. The number of rotatable bonds is 4. The molecule has 2 aromatic rings. The van der Waals surface area contributed by atoms with E-state index >= 15 is 0 Å². The first-order valence-corrected chi connectivity index (χ1v) is 11.2. The Morgan fingerprint density at radius 1 is 1.10 bits per heavy atom. The Morgan fingerprint density at radius 3 is 2.59 bits per heavy atom. The van der Waals surface area contributed by atoms with Gasteiger partial charge in [0.05, 0.1) is 12.1 Å². The fraction of sp³-hybridized carbons (Fsp3) is 0.381. The molecule has 1 spiro atoms. The molecule has 2 aliphatic rings. The largest absolute Gasteiger partial charge is 0.342 e. The zero-order chi connectivity index (χ0) is 20.5. The van der Waals surface area contributed by atoms with Gasteiger partial charge in [0.2, 0.25) is 0 Å². The van der Waals surface area contributed by atoms with E-state index in [2.05, 4.69) is 16.7 Å². The minimum atomic E-state index is -3.48. The van der Waals surface area contributed by atoms with Gasteiger partial charge in [0.1, 0.15) is 5.84 Å². The highest BCUT2D eigenvalue weighted by Crippen LogP contribution is 2.31. The molecule has 8 heteroatoms. The van der Waals surface area contributed by atoms with Gasteiger partial charge in [-0.25, -0.2) is 0 Å². The van der Waals surface area contributed by atoms with E-state index in [-0.39, 0.29) is 0 Å². The highest BCUT2D eigenvalue weighted by Gasteiger charge is 2.47. The van der Waals surface area contributed by atoms with E-state index in [4.69, 9.17) is 4.99 Å². The SMILES string of the molecule is CN(C)S(=O)(=O)N1CCC2(C1)NCc1ccccc1NC2=NCc1ccccc1. The van der Waals surface area contributed by atoms with E-state index in [9.17, 15) is 8.42 Å². The number of fused-ring (bicyclic) bond motifs is 1. The van der Waals surface area contributed by atoms with Crippen molar-refractivity contribution >= 4 is 21.7 Å². The summed E-state index contributed by atoms with van der Waals surface area (Å²) in [5, 5.41) is 7.14. The third kappa shape index (κ3) is 3.93. The first-order chi connectivity index (χ1) is 13.9. The van der Waals surface area contributed by atoms with Crippen molar-refractivity contribution in [1.29, 1.82) is 0 Å². The Morgan fingerprint density at radius 2 is 1.83 bits per heavy atom. The predicted molar refractivity (Wildman–Crippen MR) is 116 cm³/mol. The molecule has 2 N–H and O–H groups in total. The van der Waals surface area contributed by atoms with E-state index in [0.29, 0.717) is 32.6 Å². The van der Waals surface area contributed by atoms with Crippen LogP contribution in [0.1, 0.15) is 17.5 Å². The van der Waals surface area contributed by atoms with Crippen LogP contribution in [0.4, 0.5) is 5.69 Å². The van der Waals surface area contributed by atoms with Crippen LogP contribution in [0.25, 0.3) is 0 Å². The summed E-state index contributed by atoms with van der Waals surface area (Å²) in [6.45, 7) is 2.00. The summed E-state index contributed by atoms with van der Waals surface area (Å²) >= 11 is 0. The molecule has 2 heterocycles. The number of hydrogen-bond donors (Lipinski definition) is 2. The molecule has 154 valence electrons. The summed E-state index contributed by atoms with van der Waals surface area (Å²) in [4.78, 5) is 4.92. The van der Waals surface area contributed by atoms with Gasteiger partial charge in [-0.15, -0.1) is 0 Å². The van der Waals surface area contributed by atoms with Crippen molar-refractivity contribution in [2.24, 2.45) is 4.99 Å². The zero-order valence-electron chi connectivity index (χ0n) is 16.8. The molecular formula is C21H27N5O2S. The standard InChI is InChI=1S/C21H27N5O2S/c1-25(2)29(27,28)26-13-12-21(16-26)20(22-14-17-8-4-3-5-9-17)24-19-11-7-6-10-18(19)15-23-21/h3-11,23H,12-16H2,1-2H3,(H,22,24). The number of nitrogens with one attached hydrogen (secondary N) is 2. The summed E-state index contributed by atoms with van der Waals surface area (Å²) < 4.78 is 28.2. The second-order valence-electron chi connectivity index (χ2n) is 7.74. The molecule has 0 saturated carbocycles. The van der Waals surface area contributed by atoms with Gasteiger partial charge < -0.3 is 5.32 Å². The van der Waals surface area contributed by atoms with Crippen molar-refractivity contribution in [2.75, 3.05) is 32.5 Å². The van der Waals surface area contributed by atoms with E-state index in [1.54, 1.807) is 14.1 Å². The molecule has 29 heavy (non-hydrogen) atoms. The number of amidine groups is 1. The molecule has 0 aliphatic carbocycles. The van der Waals surface area contributed by atoms with E-state index in [1.165, 1.54) is 8.61 Å². The minimum Gasteiger partial charge on any atom is -0.342 e. The summed E-state index contributed by atoms with van der Waals surface area (Å²) in [7, 11) is -0.340. The number of aliphatic imine (C=N–C) groups is 1. The van der Waals surface area contributed by atoms with Crippen LogP contribution in [0, 0.1) is 0 Å². The lowest BCUT2D eigenvalue weighted by Crippen LogP contribution is -2.56. The fourth-order valence-electron chi connectivity index (χ4n) is 3.88. The molecule has 7 nitrogen and oxygen atoms in total. The smallest absolute Gasteiger partial charge is 0.281 e. The maximum absolute atomic E-state index is 12.7. The van der Waals surface area contributed by atoms with Crippen LogP contribution in [0.2, 0.25) is 0 Å². The van der Waals surface area contributed by atoms with Crippen LogP contribution in [-0.2, 0) is 23.3 Å². The Hall–Kier alpha value is -2.26.